The number of hydrogen-bond acceptors (Lipinski definition) is 3. The maximum absolute atomic E-state index is 12.0. The number of unbranched alkanes of at least 4 members (excludes halogenated alkanes) is 7. The van der Waals surface area contributed by atoms with E-state index in [1.54, 1.807) is 0 Å². The molecule has 0 heterocycles. The summed E-state index contributed by atoms with van der Waals surface area (Å²) in [5.74, 6) is 0. The Morgan fingerprint density at radius 2 is 1.50 bits per heavy atom. The molecule has 0 radical (unpaired) electrons. The van der Waals surface area contributed by atoms with Gasteiger partial charge in [-0.1, -0.05) is 65.2 Å². The first-order valence-corrected chi connectivity index (χ1v) is 11.2. The highest BCUT2D eigenvalue weighted by Crippen LogP contribution is 2.45. The zero-order valence-corrected chi connectivity index (χ0v) is 17.5. The number of rotatable bonds is 16. The molecule has 0 amide bonds. The third kappa shape index (κ3) is 15.6. The van der Waals surface area contributed by atoms with E-state index in [-0.39, 0.29) is 12.7 Å². The summed E-state index contributed by atoms with van der Waals surface area (Å²) in [4.78, 5) is 9.84. The van der Waals surface area contributed by atoms with Crippen LogP contribution in [0.15, 0.2) is 0 Å². The van der Waals surface area contributed by atoms with Crippen molar-refractivity contribution in [3.8, 4) is 0 Å². The van der Waals surface area contributed by atoms with Gasteiger partial charge in [0.2, 0.25) is 0 Å². The van der Waals surface area contributed by atoms with Crippen LogP contribution in [0.25, 0.3) is 0 Å². The van der Waals surface area contributed by atoms with Crippen molar-refractivity contribution in [2.45, 2.75) is 84.2 Å². The molecule has 0 bridgehead atoms. The molecule has 0 rings (SSSR count). The van der Waals surface area contributed by atoms with Gasteiger partial charge in [-0.3, -0.25) is 9.05 Å². The van der Waals surface area contributed by atoms with E-state index < -0.39 is 7.82 Å². The Kier molecular flexibility index (Phi) is 13.3. The van der Waals surface area contributed by atoms with Crippen molar-refractivity contribution >= 4 is 7.82 Å². The van der Waals surface area contributed by atoms with Crippen molar-refractivity contribution in [2.24, 2.45) is 0 Å². The second-order valence-corrected chi connectivity index (χ2v) is 9.12. The molecule has 0 saturated carbocycles. The maximum atomic E-state index is 12.0. The SMILES string of the molecule is CCCCCCCCCCC(CC)OP(=O)(O)OCC[N+](C)(C)C. The lowest BCUT2D eigenvalue weighted by atomic mass is 10.0. The first-order chi connectivity index (χ1) is 11.2. The summed E-state index contributed by atoms with van der Waals surface area (Å²) in [5.41, 5.74) is 0. The molecule has 0 spiro atoms. The molecule has 0 saturated heterocycles. The minimum atomic E-state index is -3.94. The zero-order valence-electron chi connectivity index (χ0n) is 16.6. The van der Waals surface area contributed by atoms with Gasteiger partial charge in [0.15, 0.2) is 0 Å². The third-order valence-corrected chi connectivity index (χ3v) is 5.21. The Balaban J connectivity index is 3.85. The van der Waals surface area contributed by atoms with Crippen LogP contribution < -0.4 is 0 Å². The largest absolute Gasteiger partial charge is 0.472 e. The van der Waals surface area contributed by atoms with Crippen LogP contribution in [0.3, 0.4) is 0 Å². The number of likely N-dealkylation sites (N-methyl/N-ethyl adjacent to an activating group) is 1. The fourth-order valence-corrected chi connectivity index (χ4v) is 3.49. The molecule has 0 fully saturated rings. The summed E-state index contributed by atoms with van der Waals surface area (Å²) in [6.07, 6.45) is 11.4. The van der Waals surface area contributed by atoms with Crippen LogP contribution >= 0.6 is 7.82 Å². The molecule has 0 aromatic rings. The lowest BCUT2D eigenvalue weighted by Crippen LogP contribution is -2.37. The Hall–Kier alpha value is 0.0700. The summed E-state index contributed by atoms with van der Waals surface area (Å²) in [6.45, 7) is 5.12. The normalized spacial score (nSPS) is 16.1. The maximum Gasteiger partial charge on any atom is 0.472 e. The lowest BCUT2D eigenvalue weighted by Gasteiger charge is -2.25. The van der Waals surface area contributed by atoms with E-state index in [2.05, 4.69) is 6.92 Å². The lowest BCUT2D eigenvalue weighted by molar-refractivity contribution is -0.870. The topological polar surface area (TPSA) is 55.8 Å². The number of phosphoric ester groups is 1. The molecule has 0 aromatic heterocycles. The van der Waals surface area contributed by atoms with E-state index in [1.807, 2.05) is 28.1 Å². The molecule has 5 nitrogen and oxygen atoms in total. The predicted octanol–water partition coefficient (Wildman–Crippen LogP) is 5.14. The van der Waals surface area contributed by atoms with Gasteiger partial charge >= 0.3 is 7.82 Å². The van der Waals surface area contributed by atoms with Gasteiger partial charge in [0.1, 0.15) is 13.2 Å². The van der Waals surface area contributed by atoms with E-state index in [0.717, 1.165) is 19.3 Å². The molecular weight excluding hydrogens is 325 g/mol. The molecule has 2 atom stereocenters. The van der Waals surface area contributed by atoms with Crippen molar-refractivity contribution in [1.82, 2.24) is 0 Å². The minimum absolute atomic E-state index is 0.190. The molecule has 0 aliphatic heterocycles. The summed E-state index contributed by atoms with van der Waals surface area (Å²) in [7, 11) is 2.12. The fraction of sp³-hybridized carbons (Fsp3) is 1.00. The molecule has 0 aliphatic rings. The number of phosphoric acid groups is 1. The average molecular weight is 367 g/mol. The summed E-state index contributed by atoms with van der Waals surface area (Å²) < 4.78 is 23.1. The van der Waals surface area contributed by atoms with Crippen LogP contribution in [-0.4, -0.2) is 49.8 Å². The van der Waals surface area contributed by atoms with Crippen LogP contribution in [-0.2, 0) is 13.6 Å². The van der Waals surface area contributed by atoms with Crippen LogP contribution in [0.4, 0.5) is 0 Å². The quantitative estimate of drug-likeness (QED) is 0.234. The molecule has 0 aliphatic carbocycles. The smallest absolute Gasteiger partial charge is 0.329 e. The third-order valence-electron chi connectivity index (χ3n) is 4.13. The van der Waals surface area contributed by atoms with Crippen LogP contribution in [0.5, 0.6) is 0 Å². The van der Waals surface area contributed by atoms with Gasteiger partial charge in [-0.05, 0) is 12.8 Å². The highest BCUT2D eigenvalue weighted by molar-refractivity contribution is 7.47. The van der Waals surface area contributed by atoms with Crippen molar-refractivity contribution in [3.63, 3.8) is 0 Å². The van der Waals surface area contributed by atoms with Crippen molar-refractivity contribution < 1.29 is 23.0 Å². The molecule has 6 heteroatoms. The summed E-state index contributed by atoms with van der Waals surface area (Å²) >= 11 is 0. The Morgan fingerprint density at radius 3 is 2.00 bits per heavy atom. The van der Waals surface area contributed by atoms with E-state index in [9.17, 15) is 9.46 Å². The van der Waals surface area contributed by atoms with E-state index in [4.69, 9.17) is 9.05 Å². The zero-order chi connectivity index (χ0) is 18.5. The van der Waals surface area contributed by atoms with Gasteiger partial charge in [0, 0.05) is 0 Å². The monoisotopic (exact) mass is 366 g/mol. The first kappa shape index (κ1) is 24.1. The highest BCUT2D eigenvalue weighted by Gasteiger charge is 2.26. The van der Waals surface area contributed by atoms with Gasteiger partial charge in [-0.15, -0.1) is 0 Å². The Bertz CT molecular complexity index is 344. The van der Waals surface area contributed by atoms with E-state index in [1.165, 1.54) is 44.9 Å². The molecule has 0 aromatic carbocycles. The second-order valence-electron chi connectivity index (χ2n) is 7.71. The minimum Gasteiger partial charge on any atom is -0.329 e. The first-order valence-electron chi connectivity index (χ1n) is 9.66. The van der Waals surface area contributed by atoms with Crippen molar-refractivity contribution in [1.29, 1.82) is 0 Å². The molecule has 146 valence electrons. The highest BCUT2D eigenvalue weighted by atomic mass is 31.2. The van der Waals surface area contributed by atoms with Crippen LogP contribution in [0.1, 0.15) is 78.1 Å². The summed E-state index contributed by atoms with van der Waals surface area (Å²) in [6, 6.07) is 0. The fourth-order valence-electron chi connectivity index (χ4n) is 2.49. The Labute approximate surface area is 149 Å². The number of quaternary nitrogens is 1. The predicted molar refractivity (Wildman–Crippen MR) is 101 cm³/mol. The van der Waals surface area contributed by atoms with Crippen molar-refractivity contribution in [3.05, 3.63) is 0 Å². The van der Waals surface area contributed by atoms with Gasteiger partial charge in [0.25, 0.3) is 0 Å². The van der Waals surface area contributed by atoms with Crippen LogP contribution in [0.2, 0.25) is 0 Å². The van der Waals surface area contributed by atoms with E-state index in [0.29, 0.717) is 11.0 Å². The average Bonchev–Trinajstić information content (AvgIpc) is 2.47. The van der Waals surface area contributed by atoms with E-state index >= 15 is 0 Å². The molecular formula is C18H41NO4P+. The van der Waals surface area contributed by atoms with Gasteiger partial charge in [0.05, 0.1) is 27.2 Å². The summed E-state index contributed by atoms with van der Waals surface area (Å²) in [5, 5.41) is 0. The van der Waals surface area contributed by atoms with Gasteiger partial charge in [-0.2, -0.15) is 0 Å². The number of hydrogen-bond donors (Lipinski definition) is 1. The van der Waals surface area contributed by atoms with Gasteiger partial charge < -0.3 is 9.38 Å². The second kappa shape index (κ2) is 13.3. The molecule has 1 N–H and O–H groups in total. The van der Waals surface area contributed by atoms with Gasteiger partial charge in [-0.25, -0.2) is 4.57 Å². The van der Waals surface area contributed by atoms with Crippen LogP contribution in [0, 0.1) is 0 Å². The molecule has 2 unspecified atom stereocenters. The van der Waals surface area contributed by atoms with Crippen molar-refractivity contribution in [2.75, 3.05) is 34.3 Å². The standard InChI is InChI=1S/C18H40NO4P/c1-6-8-9-10-11-12-13-14-15-18(7-2)23-24(20,21)22-17-16-19(3,4)5/h18H,6-17H2,1-5H3/p+1. The Morgan fingerprint density at radius 1 is 0.958 bits per heavy atom. The number of nitrogens with zero attached hydrogens (tertiary/aromatic N) is 1. The molecule has 24 heavy (non-hydrogen) atoms.